The fraction of sp³-hybridized carbons (Fsp3) is 0.312. The Balaban J connectivity index is 2.04. The Labute approximate surface area is 133 Å². The molecule has 0 fully saturated rings. The number of thiophene rings is 1. The molecule has 0 aliphatic carbocycles. The second-order valence-corrected chi connectivity index (χ2v) is 6.53. The van der Waals surface area contributed by atoms with E-state index in [2.05, 4.69) is 28.1 Å². The molecule has 110 valence electrons. The van der Waals surface area contributed by atoms with Crippen LogP contribution in [-0.2, 0) is 6.42 Å². The van der Waals surface area contributed by atoms with Gasteiger partial charge in [0.15, 0.2) is 0 Å². The molecule has 1 unspecified atom stereocenters. The number of halogens is 1. The molecule has 1 atom stereocenters. The zero-order valence-corrected chi connectivity index (χ0v) is 13.6. The van der Waals surface area contributed by atoms with E-state index in [1.165, 1.54) is 0 Å². The fourth-order valence-electron chi connectivity index (χ4n) is 2.70. The summed E-state index contributed by atoms with van der Waals surface area (Å²) in [6.45, 7) is 2.73. The zero-order valence-electron chi connectivity index (χ0n) is 12.0. The molecule has 1 aliphatic heterocycles. The molecule has 2 heterocycles. The third-order valence-electron chi connectivity index (χ3n) is 3.87. The molecule has 3 nitrogen and oxygen atoms in total. The second kappa shape index (κ2) is 5.79. The molecule has 21 heavy (non-hydrogen) atoms. The summed E-state index contributed by atoms with van der Waals surface area (Å²) >= 11 is 8.04. The number of rotatable bonds is 3. The summed E-state index contributed by atoms with van der Waals surface area (Å²) in [5.41, 5.74) is 4.05. The van der Waals surface area contributed by atoms with E-state index >= 15 is 0 Å². The molecule has 3 rings (SSSR count). The molecule has 1 aliphatic rings. The number of fused-ring (bicyclic) bond motifs is 1. The highest BCUT2D eigenvalue weighted by atomic mass is 35.5. The van der Waals surface area contributed by atoms with Gasteiger partial charge in [-0.05, 0) is 48.5 Å². The topological polar surface area (TPSA) is 41.1 Å². The van der Waals surface area contributed by atoms with Crippen molar-refractivity contribution in [1.29, 1.82) is 0 Å². The van der Waals surface area contributed by atoms with Crippen molar-refractivity contribution >= 4 is 28.8 Å². The molecule has 0 saturated heterocycles. The third kappa shape index (κ3) is 2.59. The highest BCUT2D eigenvalue weighted by molar-refractivity contribution is 7.10. The first kappa shape index (κ1) is 14.6. The minimum atomic E-state index is 0.0104. The summed E-state index contributed by atoms with van der Waals surface area (Å²) in [6.07, 6.45) is 0.893. The summed E-state index contributed by atoms with van der Waals surface area (Å²) in [5, 5.41) is 9.07. The Morgan fingerprint density at radius 3 is 2.90 bits per heavy atom. The van der Waals surface area contributed by atoms with Gasteiger partial charge in [-0.15, -0.1) is 11.3 Å². The van der Waals surface area contributed by atoms with Gasteiger partial charge in [-0.3, -0.25) is 4.79 Å². The van der Waals surface area contributed by atoms with Gasteiger partial charge >= 0.3 is 0 Å². The first-order valence-electron chi connectivity index (χ1n) is 6.93. The summed E-state index contributed by atoms with van der Waals surface area (Å²) in [4.78, 5) is 13.1. The largest absolute Gasteiger partial charge is 0.352 e. The lowest BCUT2D eigenvalue weighted by Gasteiger charge is -2.21. The van der Waals surface area contributed by atoms with Crippen LogP contribution in [0.25, 0.3) is 0 Å². The minimum absolute atomic E-state index is 0.0104. The van der Waals surface area contributed by atoms with E-state index in [9.17, 15) is 4.79 Å². The van der Waals surface area contributed by atoms with E-state index in [-0.39, 0.29) is 11.9 Å². The van der Waals surface area contributed by atoms with Crippen LogP contribution in [0, 0.1) is 6.92 Å². The van der Waals surface area contributed by atoms with E-state index in [1.807, 2.05) is 20.0 Å². The van der Waals surface area contributed by atoms with Crippen LogP contribution in [0.4, 0.5) is 0 Å². The molecule has 0 radical (unpaired) electrons. The van der Waals surface area contributed by atoms with Crippen LogP contribution in [0.1, 0.15) is 38.0 Å². The van der Waals surface area contributed by atoms with Gasteiger partial charge in [-0.2, -0.15) is 0 Å². The maximum Gasteiger partial charge on any atom is 0.251 e. The molecule has 5 heteroatoms. The fourth-order valence-corrected chi connectivity index (χ4v) is 4.14. The summed E-state index contributed by atoms with van der Waals surface area (Å²) in [5.74, 6) is 0.0152. The lowest BCUT2D eigenvalue weighted by Crippen LogP contribution is -2.32. The number of carbonyl (C=O) groups excluding carboxylic acids is 1. The van der Waals surface area contributed by atoms with Crippen LogP contribution >= 0.6 is 22.9 Å². The third-order valence-corrected chi connectivity index (χ3v) is 5.65. The standard InChI is InChI=1S/C16H17ClN2OS/c1-9-8-21-15(13(9)17)14(18-2)11-4-3-10-5-6-19-16(20)12(10)7-11/h3-4,7-8,14,18H,5-6H2,1-2H3,(H,19,20). The molecule has 0 spiro atoms. The first-order valence-corrected chi connectivity index (χ1v) is 8.19. The molecule has 2 aromatic rings. The first-order chi connectivity index (χ1) is 10.1. The van der Waals surface area contributed by atoms with Crippen molar-refractivity contribution < 1.29 is 4.79 Å². The lowest BCUT2D eigenvalue weighted by atomic mass is 9.94. The highest BCUT2D eigenvalue weighted by Crippen LogP contribution is 2.36. The smallest absolute Gasteiger partial charge is 0.251 e. The number of amides is 1. The molecule has 1 amide bonds. The van der Waals surface area contributed by atoms with Gasteiger partial charge < -0.3 is 10.6 Å². The van der Waals surface area contributed by atoms with Crippen LogP contribution in [-0.4, -0.2) is 19.5 Å². The molecule has 0 saturated carbocycles. The van der Waals surface area contributed by atoms with E-state index in [1.54, 1.807) is 11.3 Å². The minimum Gasteiger partial charge on any atom is -0.352 e. The van der Waals surface area contributed by atoms with Gasteiger partial charge in [0.05, 0.1) is 11.1 Å². The molecule has 2 N–H and O–H groups in total. The predicted molar refractivity (Wildman–Crippen MR) is 87.4 cm³/mol. The van der Waals surface area contributed by atoms with Gasteiger partial charge in [-0.25, -0.2) is 0 Å². The average Bonchev–Trinajstić information content (AvgIpc) is 2.81. The molecular formula is C16H17ClN2OS. The van der Waals surface area contributed by atoms with Crippen molar-refractivity contribution in [3.8, 4) is 0 Å². The van der Waals surface area contributed by atoms with Gasteiger partial charge in [0.25, 0.3) is 5.91 Å². The summed E-state index contributed by atoms with van der Waals surface area (Å²) in [6, 6.07) is 6.14. The van der Waals surface area contributed by atoms with Gasteiger partial charge in [0.2, 0.25) is 0 Å². The Kier molecular flexibility index (Phi) is 4.02. The Morgan fingerprint density at radius 2 is 2.24 bits per heavy atom. The normalized spacial score (nSPS) is 15.5. The number of benzene rings is 1. The van der Waals surface area contributed by atoms with Crippen LogP contribution in [0.15, 0.2) is 23.6 Å². The van der Waals surface area contributed by atoms with Gasteiger partial charge in [-0.1, -0.05) is 23.7 Å². The van der Waals surface area contributed by atoms with E-state index in [0.717, 1.165) is 45.1 Å². The molecule has 1 aromatic heterocycles. The van der Waals surface area contributed by atoms with Crippen LogP contribution in [0.5, 0.6) is 0 Å². The van der Waals surface area contributed by atoms with Crippen molar-refractivity contribution in [2.75, 3.05) is 13.6 Å². The van der Waals surface area contributed by atoms with E-state index in [4.69, 9.17) is 11.6 Å². The van der Waals surface area contributed by atoms with Crippen molar-refractivity contribution in [3.05, 3.63) is 55.7 Å². The van der Waals surface area contributed by atoms with Crippen molar-refractivity contribution in [2.45, 2.75) is 19.4 Å². The number of hydrogen-bond donors (Lipinski definition) is 2. The Bertz CT molecular complexity index is 696. The summed E-state index contributed by atoms with van der Waals surface area (Å²) in [7, 11) is 1.91. The number of nitrogens with one attached hydrogen (secondary N) is 2. The monoisotopic (exact) mass is 320 g/mol. The quantitative estimate of drug-likeness (QED) is 0.911. The van der Waals surface area contributed by atoms with Crippen molar-refractivity contribution in [3.63, 3.8) is 0 Å². The second-order valence-electron chi connectivity index (χ2n) is 5.24. The van der Waals surface area contributed by atoms with E-state index < -0.39 is 0 Å². The van der Waals surface area contributed by atoms with Gasteiger partial charge in [0.1, 0.15) is 0 Å². The summed E-state index contributed by atoms with van der Waals surface area (Å²) < 4.78 is 0. The molecular weight excluding hydrogens is 304 g/mol. The SMILES string of the molecule is CNC(c1ccc2c(c1)C(=O)NCC2)c1scc(C)c1Cl. The van der Waals surface area contributed by atoms with Crippen LogP contribution < -0.4 is 10.6 Å². The number of aryl methyl sites for hydroxylation is 1. The van der Waals surface area contributed by atoms with Gasteiger partial charge in [0, 0.05) is 17.0 Å². The van der Waals surface area contributed by atoms with Crippen molar-refractivity contribution in [2.24, 2.45) is 0 Å². The number of carbonyl (C=O) groups is 1. The van der Waals surface area contributed by atoms with Crippen molar-refractivity contribution in [1.82, 2.24) is 10.6 Å². The molecule has 1 aromatic carbocycles. The Hall–Kier alpha value is -1.36. The molecule has 0 bridgehead atoms. The zero-order chi connectivity index (χ0) is 15.0. The maximum absolute atomic E-state index is 12.0. The Morgan fingerprint density at radius 1 is 1.43 bits per heavy atom. The number of hydrogen-bond acceptors (Lipinski definition) is 3. The van der Waals surface area contributed by atoms with Crippen LogP contribution in [0.2, 0.25) is 5.02 Å². The predicted octanol–water partition coefficient (Wildman–Crippen LogP) is 3.30. The van der Waals surface area contributed by atoms with Crippen LogP contribution in [0.3, 0.4) is 0 Å². The maximum atomic E-state index is 12.0. The lowest BCUT2D eigenvalue weighted by molar-refractivity contribution is 0.0946. The average molecular weight is 321 g/mol. The van der Waals surface area contributed by atoms with E-state index in [0.29, 0.717) is 0 Å². The highest BCUT2D eigenvalue weighted by Gasteiger charge is 2.22.